The molecule has 0 radical (unpaired) electrons. The maximum absolute atomic E-state index is 12.5. The minimum Gasteiger partial charge on any atom is -0.507 e. The third-order valence-corrected chi connectivity index (χ3v) is 7.16. The molecule has 2 amide bonds. The Labute approximate surface area is 198 Å². The van der Waals surface area contributed by atoms with Crippen LogP contribution in [0.3, 0.4) is 0 Å². The van der Waals surface area contributed by atoms with Crippen LogP contribution in [-0.4, -0.2) is 53.3 Å². The molecule has 0 unspecified atom stereocenters. The van der Waals surface area contributed by atoms with E-state index in [-0.39, 0.29) is 22.6 Å². The zero-order chi connectivity index (χ0) is 24.9. The lowest BCUT2D eigenvalue weighted by Crippen LogP contribution is -2.41. The monoisotopic (exact) mass is 487 g/mol. The number of aryl methyl sites for hydroxylation is 2. The van der Waals surface area contributed by atoms with Crippen molar-refractivity contribution in [2.24, 2.45) is 0 Å². The molecule has 2 aromatic carbocycles. The van der Waals surface area contributed by atoms with Crippen LogP contribution in [0.4, 0.5) is 0 Å². The average molecular weight is 488 g/mol. The Bertz CT molecular complexity index is 1300. The second-order valence-electron chi connectivity index (χ2n) is 7.99. The van der Waals surface area contributed by atoms with E-state index in [2.05, 4.69) is 22.8 Å². The van der Waals surface area contributed by atoms with Gasteiger partial charge in [0.2, 0.25) is 15.9 Å². The van der Waals surface area contributed by atoms with Crippen LogP contribution in [0.2, 0.25) is 0 Å². The van der Waals surface area contributed by atoms with Crippen LogP contribution in [0.15, 0.2) is 47.4 Å². The molecule has 0 fully saturated rings. The summed E-state index contributed by atoms with van der Waals surface area (Å²) in [4.78, 5) is 29.2. The number of phenols is 1. The topological polar surface area (TPSA) is 134 Å². The fraction of sp³-hybridized carbons (Fsp3) is 0.348. The smallest absolute Gasteiger partial charge is 0.273 e. The number of aromatic hydroxyl groups is 1. The number of imidazole rings is 1. The van der Waals surface area contributed by atoms with Crippen LogP contribution in [-0.2, 0) is 27.8 Å². The summed E-state index contributed by atoms with van der Waals surface area (Å²) < 4.78 is 28.1. The van der Waals surface area contributed by atoms with Gasteiger partial charge in [0, 0.05) is 33.5 Å². The number of rotatable bonds is 9. The molecule has 10 nitrogen and oxygen atoms in total. The molecule has 1 aromatic heterocycles. The number of carbonyl (C=O) groups is 2. The first kappa shape index (κ1) is 25.2. The molecular weight excluding hydrogens is 458 g/mol. The molecule has 0 atom stereocenters. The molecule has 0 spiro atoms. The quantitative estimate of drug-likeness (QED) is 0.396. The van der Waals surface area contributed by atoms with Crippen molar-refractivity contribution in [1.82, 2.24) is 24.7 Å². The summed E-state index contributed by atoms with van der Waals surface area (Å²) in [5, 5.41) is 9.74. The molecule has 34 heavy (non-hydrogen) atoms. The Balaban J connectivity index is 1.74. The van der Waals surface area contributed by atoms with Crippen LogP contribution in [0.1, 0.15) is 42.4 Å². The number of amides is 2. The molecule has 3 rings (SSSR count). The molecule has 0 saturated carbocycles. The van der Waals surface area contributed by atoms with Crippen molar-refractivity contribution in [1.29, 1.82) is 0 Å². The minimum absolute atomic E-state index is 0.0487. The summed E-state index contributed by atoms with van der Waals surface area (Å²) in [5.74, 6) is -0.579. The summed E-state index contributed by atoms with van der Waals surface area (Å²) >= 11 is 0. The number of fused-ring (bicyclic) bond motifs is 1. The highest BCUT2D eigenvalue weighted by atomic mass is 32.2. The predicted octanol–water partition coefficient (Wildman–Crippen LogP) is 2.19. The van der Waals surface area contributed by atoms with Crippen molar-refractivity contribution in [2.45, 2.75) is 44.0 Å². The highest BCUT2D eigenvalue weighted by Gasteiger charge is 2.20. The molecule has 0 aliphatic rings. The van der Waals surface area contributed by atoms with Crippen LogP contribution in [0, 0.1) is 0 Å². The Morgan fingerprint density at radius 3 is 2.53 bits per heavy atom. The van der Waals surface area contributed by atoms with Gasteiger partial charge in [0.1, 0.15) is 11.6 Å². The fourth-order valence-corrected chi connectivity index (χ4v) is 4.36. The van der Waals surface area contributed by atoms with E-state index < -0.39 is 21.8 Å². The molecule has 3 aromatic rings. The van der Waals surface area contributed by atoms with E-state index >= 15 is 0 Å². The van der Waals surface area contributed by atoms with Gasteiger partial charge in [-0.05, 0) is 36.8 Å². The highest BCUT2D eigenvalue weighted by Crippen LogP contribution is 2.23. The van der Waals surface area contributed by atoms with Gasteiger partial charge in [-0.25, -0.2) is 17.7 Å². The van der Waals surface area contributed by atoms with Crippen molar-refractivity contribution >= 4 is 32.9 Å². The Kier molecular flexibility index (Phi) is 7.90. The van der Waals surface area contributed by atoms with E-state index in [9.17, 15) is 23.1 Å². The van der Waals surface area contributed by atoms with E-state index in [0.29, 0.717) is 24.3 Å². The molecule has 0 aliphatic heterocycles. The summed E-state index contributed by atoms with van der Waals surface area (Å²) in [6.45, 7) is 2.76. The molecule has 0 saturated heterocycles. The predicted molar refractivity (Wildman–Crippen MR) is 128 cm³/mol. The molecule has 0 bridgehead atoms. The lowest BCUT2D eigenvalue weighted by atomic mass is 10.2. The van der Waals surface area contributed by atoms with Gasteiger partial charge >= 0.3 is 0 Å². The van der Waals surface area contributed by atoms with Crippen molar-refractivity contribution in [3.8, 4) is 5.75 Å². The Morgan fingerprint density at radius 1 is 1.12 bits per heavy atom. The second-order valence-corrected chi connectivity index (χ2v) is 10.1. The van der Waals surface area contributed by atoms with E-state index in [1.54, 1.807) is 30.3 Å². The number of para-hydroxylation sites is 1. The number of benzene rings is 2. The normalized spacial score (nSPS) is 11.6. The number of phenolic OH excluding ortho intramolecular Hbond substituents is 1. The fourth-order valence-electron chi connectivity index (χ4n) is 3.43. The SMILES string of the molecule is CCCCn1c(CCC(=O)NNC(=O)c2ccccc2O)nc2cc(S(=O)(=O)N(C)C)ccc21. The number of hydrogen-bond donors (Lipinski definition) is 3. The van der Waals surface area contributed by atoms with Gasteiger partial charge < -0.3 is 9.67 Å². The number of hydrazine groups is 1. The van der Waals surface area contributed by atoms with Crippen LogP contribution < -0.4 is 10.9 Å². The third-order valence-electron chi connectivity index (χ3n) is 5.35. The zero-order valence-corrected chi connectivity index (χ0v) is 20.2. The largest absolute Gasteiger partial charge is 0.507 e. The minimum atomic E-state index is -3.59. The van der Waals surface area contributed by atoms with Gasteiger partial charge in [0.25, 0.3) is 5.91 Å². The van der Waals surface area contributed by atoms with Gasteiger partial charge in [0.15, 0.2) is 0 Å². The van der Waals surface area contributed by atoms with E-state index in [4.69, 9.17) is 0 Å². The highest BCUT2D eigenvalue weighted by molar-refractivity contribution is 7.89. The number of carbonyl (C=O) groups excluding carboxylic acids is 2. The van der Waals surface area contributed by atoms with E-state index in [1.807, 2.05) is 4.57 Å². The maximum Gasteiger partial charge on any atom is 0.273 e. The van der Waals surface area contributed by atoms with Crippen molar-refractivity contribution in [3.05, 3.63) is 53.9 Å². The first-order valence-corrected chi connectivity index (χ1v) is 12.4. The molecule has 182 valence electrons. The molecule has 3 N–H and O–H groups in total. The Hall–Kier alpha value is -3.44. The summed E-state index contributed by atoms with van der Waals surface area (Å²) in [5.41, 5.74) is 6.03. The number of hydrogen-bond acceptors (Lipinski definition) is 6. The summed E-state index contributed by atoms with van der Waals surface area (Å²) in [6, 6.07) is 10.9. The lowest BCUT2D eigenvalue weighted by Gasteiger charge is -2.12. The standard InChI is InChI=1S/C23H29N5O5S/c1-4-5-14-28-19-11-10-16(34(32,33)27(2)3)15-18(19)24-21(28)12-13-22(30)25-26-23(31)17-8-6-7-9-20(17)29/h6-11,15,29H,4-5,12-14H2,1-3H3,(H,25,30)(H,26,31). The molecule has 11 heteroatoms. The summed E-state index contributed by atoms with van der Waals surface area (Å²) in [6.07, 6.45) is 2.22. The number of unbranched alkanes of at least 4 members (excludes halogenated alkanes) is 1. The number of sulfonamides is 1. The molecule has 1 heterocycles. The van der Waals surface area contributed by atoms with E-state index in [0.717, 1.165) is 22.7 Å². The maximum atomic E-state index is 12.5. The van der Waals surface area contributed by atoms with Crippen molar-refractivity contribution < 1.29 is 23.1 Å². The number of nitrogens with zero attached hydrogens (tertiary/aromatic N) is 3. The second kappa shape index (κ2) is 10.7. The van der Waals surface area contributed by atoms with Gasteiger partial charge in [-0.15, -0.1) is 0 Å². The first-order valence-electron chi connectivity index (χ1n) is 10.9. The molecule has 0 aliphatic carbocycles. The van der Waals surface area contributed by atoms with E-state index in [1.165, 1.54) is 26.2 Å². The van der Waals surface area contributed by atoms with Crippen LogP contribution in [0.25, 0.3) is 11.0 Å². The summed E-state index contributed by atoms with van der Waals surface area (Å²) in [7, 11) is -0.647. The van der Waals surface area contributed by atoms with Crippen molar-refractivity contribution in [2.75, 3.05) is 14.1 Å². The van der Waals surface area contributed by atoms with Crippen LogP contribution in [0.5, 0.6) is 5.75 Å². The van der Waals surface area contributed by atoms with Gasteiger partial charge in [0.05, 0.1) is 21.5 Å². The number of aromatic nitrogens is 2. The Morgan fingerprint density at radius 2 is 1.85 bits per heavy atom. The van der Waals surface area contributed by atoms with Gasteiger partial charge in [-0.2, -0.15) is 0 Å². The first-order chi connectivity index (χ1) is 16.1. The van der Waals surface area contributed by atoms with Gasteiger partial charge in [-0.3, -0.25) is 20.4 Å². The lowest BCUT2D eigenvalue weighted by molar-refractivity contribution is -0.121. The number of nitrogens with one attached hydrogen (secondary N) is 2. The zero-order valence-electron chi connectivity index (χ0n) is 19.4. The van der Waals surface area contributed by atoms with Crippen molar-refractivity contribution in [3.63, 3.8) is 0 Å². The third kappa shape index (κ3) is 5.54. The van der Waals surface area contributed by atoms with Gasteiger partial charge in [-0.1, -0.05) is 25.5 Å². The average Bonchev–Trinajstić information content (AvgIpc) is 3.16. The van der Waals surface area contributed by atoms with Crippen LogP contribution >= 0.6 is 0 Å². The molecular formula is C23H29N5O5S.